The van der Waals surface area contributed by atoms with E-state index >= 15 is 0 Å². The monoisotopic (exact) mass is 263 g/mol. The molecule has 0 radical (unpaired) electrons. The highest BCUT2D eigenvalue weighted by molar-refractivity contribution is 9.08. The average Bonchev–Trinajstić information content (AvgIpc) is 2.44. The molecule has 14 heavy (non-hydrogen) atoms. The molecule has 0 saturated heterocycles. The van der Waals surface area contributed by atoms with E-state index in [1.54, 1.807) is 6.92 Å². The van der Waals surface area contributed by atoms with Crippen molar-refractivity contribution in [2.24, 2.45) is 7.05 Å². The van der Waals surface area contributed by atoms with Crippen LogP contribution in [0.25, 0.3) is 0 Å². The molecule has 0 bridgehead atoms. The van der Waals surface area contributed by atoms with Gasteiger partial charge in [-0.25, -0.2) is 4.79 Å². The zero-order chi connectivity index (χ0) is 10.7. The number of rotatable bonds is 3. The van der Waals surface area contributed by atoms with Crippen LogP contribution in [0.1, 0.15) is 23.0 Å². The van der Waals surface area contributed by atoms with Gasteiger partial charge in [-0.15, -0.1) is 0 Å². The van der Waals surface area contributed by atoms with Gasteiger partial charge in [0.1, 0.15) is 0 Å². The number of aryl methyl sites for hydroxylation is 1. The van der Waals surface area contributed by atoms with E-state index in [0.29, 0.717) is 0 Å². The number of esters is 1. The predicted octanol–water partition coefficient (Wildman–Crippen LogP) is 1.05. The fraction of sp³-hybridized carbons (Fsp3) is 0.500. The summed E-state index contributed by atoms with van der Waals surface area (Å²) in [4.78, 5) is 22.7. The first kappa shape index (κ1) is 11.0. The molecule has 78 valence electrons. The second kappa shape index (κ2) is 4.45. The van der Waals surface area contributed by atoms with E-state index in [9.17, 15) is 9.59 Å². The third-order valence-corrected chi connectivity index (χ3v) is 2.20. The topological polar surface area (TPSA) is 61.4 Å². The number of aromatic nitrogens is 1. The number of alkyl halides is 1. The van der Waals surface area contributed by atoms with Gasteiger partial charge >= 0.3 is 5.97 Å². The molecule has 0 fully saturated rings. The van der Waals surface area contributed by atoms with E-state index in [0.717, 1.165) is 4.74 Å². The van der Waals surface area contributed by atoms with Crippen LogP contribution in [0.5, 0.6) is 0 Å². The molecule has 5 nitrogen and oxygen atoms in total. The van der Waals surface area contributed by atoms with Crippen LogP contribution in [0.15, 0.2) is 9.32 Å². The maximum absolute atomic E-state index is 11.4. The summed E-state index contributed by atoms with van der Waals surface area (Å²) >= 11 is 3.11. The van der Waals surface area contributed by atoms with Crippen molar-refractivity contribution in [1.82, 2.24) is 4.74 Å². The van der Waals surface area contributed by atoms with E-state index in [-0.39, 0.29) is 28.8 Å². The molecule has 1 rings (SSSR count). The quantitative estimate of drug-likeness (QED) is 0.604. The zero-order valence-electron chi connectivity index (χ0n) is 7.87. The first-order chi connectivity index (χ1) is 6.61. The van der Waals surface area contributed by atoms with Crippen LogP contribution in [-0.4, -0.2) is 17.3 Å². The van der Waals surface area contributed by atoms with Crippen LogP contribution in [0.3, 0.4) is 0 Å². The summed E-state index contributed by atoms with van der Waals surface area (Å²) in [7, 11) is 1.44. The summed E-state index contributed by atoms with van der Waals surface area (Å²) in [5, 5.41) is 0.268. The van der Waals surface area contributed by atoms with Gasteiger partial charge in [-0.2, -0.15) is 4.74 Å². The molecule has 0 aliphatic carbocycles. The number of carbonyl (C=O) groups is 1. The van der Waals surface area contributed by atoms with Crippen LogP contribution in [-0.2, 0) is 17.1 Å². The first-order valence-corrected chi connectivity index (χ1v) is 5.16. The lowest BCUT2D eigenvalue weighted by atomic mass is 10.3. The maximum Gasteiger partial charge on any atom is 0.377 e. The highest BCUT2D eigenvalue weighted by Crippen LogP contribution is 2.10. The van der Waals surface area contributed by atoms with Gasteiger partial charge in [0.25, 0.3) is 5.56 Å². The lowest BCUT2D eigenvalue weighted by molar-refractivity contribution is 0.0465. The highest BCUT2D eigenvalue weighted by Gasteiger charge is 2.21. The molecule has 0 saturated carbocycles. The van der Waals surface area contributed by atoms with Crippen molar-refractivity contribution in [1.29, 1.82) is 0 Å². The highest BCUT2D eigenvalue weighted by atomic mass is 79.9. The summed E-state index contributed by atoms with van der Waals surface area (Å²) < 4.78 is 10.7. The van der Waals surface area contributed by atoms with Crippen molar-refractivity contribution in [2.75, 3.05) is 6.61 Å². The van der Waals surface area contributed by atoms with Gasteiger partial charge in [0.2, 0.25) is 5.76 Å². The Bertz CT molecular complexity index is 393. The molecular weight excluding hydrogens is 254 g/mol. The Labute approximate surface area is 88.7 Å². The number of halogens is 1. The Morgan fingerprint density at radius 2 is 2.29 bits per heavy atom. The second-order valence-electron chi connectivity index (χ2n) is 2.56. The average molecular weight is 264 g/mol. The molecule has 0 aliphatic heterocycles. The van der Waals surface area contributed by atoms with Crippen molar-refractivity contribution in [3.05, 3.63) is 21.7 Å². The van der Waals surface area contributed by atoms with Crippen molar-refractivity contribution < 1.29 is 14.1 Å². The minimum absolute atomic E-state index is 0.0313. The first-order valence-electron chi connectivity index (χ1n) is 4.04. The molecule has 0 unspecified atom stereocenters. The van der Waals surface area contributed by atoms with Gasteiger partial charge in [0.05, 0.1) is 12.2 Å². The standard InChI is InChI=1S/C8H10BrNO4/c1-3-13-8(12)6-5(4-9)7(11)10(2)14-6/h3-4H2,1-2H3. The molecule has 6 heteroatoms. The van der Waals surface area contributed by atoms with Gasteiger partial charge in [-0.1, -0.05) is 15.9 Å². The number of carbonyl (C=O) groups excluding carboxylic acids is 1. The summed E-state index contributed by atoms with van der Waals surface area (Å²) in [6, 6.07) is 0. The second-order valence-corrected chi connectivity index (χ2v) is 3.12. The third-order valence-electron chi connectivity index (χ3n) is 1.64. The van der Waals surface area contributed by atoms with E-state index in [1.807, 2.05) is 0 Å². The van der Waals surface area contributed by atoms with Gasteiger partial charge in [0, 0.05) is 12.4 Å². The third kappa shape index (κ3) is 1.89. The SMILES string of the molecule is CCOC(=O)c1on(C)c(=O)c1CBr. The van der Waals surface area contributed by atoms with E-state index in [1.165, 1.54) is 7.05 Å². The van der Waals surface area contributed by atoms with Crippen LogP contribution in [0.2, 0.25) is 0 Å². The molecule has 1 aromatic heterocycles. The van der Waals surface area contributed by atoms with Crippen LogP contribution < -0.4 is 5.56 Å². The lowest BCUT2D eigenvalue weighted by Gasteiger charge is -1.97. The minimum atomic E-state index is -0.611. The number of ether oxygens (including phenoxy) is 1. The van der Waals surface area contributed by atoms with Gasteiger partial charge in [-0.05, 0) is 6.92 Å². The van der Waals surface area contributed by atoms with E-state index in [4.69, 9.17) is 9.26 Å². The van der Waals surface area contributed by atoms with E-state index in [2.05, 4.69) is 15.9 Å². The van der Waals surface area contributed by atoms with Crippen molar-refractivity contribution >= 4 is 21.9 Å². The Morgan fingerprint density at radius 1 is 1.64 bits per heavy atom. The summed E-state index contributed by atoms with van der Waals surface area (Å²) in [5.74, 6) is -0.643. The molecule has 0 amide bonds. The predicted molar refractivity (Wildman–Crippen MR) is 52.5 cm³/mol. The van der Waals surface area contributed by atoms with Crippen molar-refractivity contribution in [3.8, 4) is 0 Å². The Balaban J connectivity index is 3.14. The number of nitrogens with zero attached hydrogens (tertiary/aromatic N) is 1. The Morgan fingerprint density at radius 3 is 2.79 bits per heavy atom. The lowest BCUT2D eigenvalue weighted by Crippen LogP contribution is -2.14. The molecule has 1 aromatic rings. The molecule has 0 aliphatic rings. The summed E-state index contributed by atoms with van der Waals surface area (Å²) in [6.45, 7) is 1.94. The normalized spacial score (nSPS) is 10.2. The van der Waals surface area contributed by atoms with Crippen molar-refractivity contribution in [2.45, 2.75) is 12.3 Å². The molecule has 0 atom stereocenters. The van der Waals surface area contributed by atoms with Crippen LogP contribution >= 0.6 is 15.9 Å². The minimum Gasteiger partial charge on any atom is -0.460 e. The van der Waals surface area contributed by atoms with E-state index < -0.39 is 5.97 Å². The number of hydrogen-bond acceptors (Lipinski definition) is 4. The van der Waals surface area contributed by atoms with Crippen LogP contribution in [0, 0.1) is 0 Å². The Kier molecular flexibility index (Phi) is 3.51. The smallest absolute Gasteiger partial charge is 0.377 e. The Hall–Kier alpha value is -1.04. The molecule has 0 aromatic carbocycles. The summed E-state index contributed by atoms with van der Waals surface area (Å²) in [6.07, 6.45) is 0. The van der Waals surface area contributed by atoms with Gasteiger partial charge < -0.3 is 9.26 Å². The van der Waals surface area contributed by atoms with Crippen molar-refractivity contribution in [3.63, 3.8) is 0 Å². The van der Waals surface area contributed by atoms with Gasteiger partial charge in [0.15, 0.2) is 0 Å². The van der Waals surface area contributed by atoms with Crippen LogP contribution in [0.4, 0.5) is 0 Å². The molecule has 1 heterocycles. The summed E-state index contributed by atoms with van der Waals surface area (Å²) in [5.41, 5.74) is -0.0455. The largest absolute Gasteiger partial charge is 0.460 e. The zero-order valence-corrected chi connectivity index (χ0v) is 9.46. The molecular formula is C8H10BrNO4. The number of hydrogen-bond donors (Lipinski definition) is 0. The van der Waals surface area contributed by atoms with Gasteiger partial charge in [-0.3, -0.25) is 4.79 Å². The fourth-order valence-corrected chi connectivity index (χ4v) is 1.49. The maximum atomic E-state index is 11.4. The fourth-order valence-electron chi connectivity index (χ4n) is 0.996. The molecule has 0 spiro atoms. The molecule has 0 N–H and O–H groups in total.